The lowest BCUT2D eigenvalue weighted by Gasteiger charge is -2.30. The Kier molecular flexibility index (Phi) is 4.67. The molecule has 0 radical (unpaired) electrons. The summed E-state index contributed by atoms with van der Waals surface area (Å²) in [6, 6.07) is 2.79. The maximum atomic E-state index is 12.4. The summed E-state index contributed by atoms with van der Waals surface area (Å²) in [5, 5.41) is 7.16. The summed E-state index contributed by atoms with van der Waals surface area (Å²) in [7, 11) is 1.94. The van der Waals surface area contributed by atoms with Crippen LogP contribution in [-0.4, -0.2) is 59.5 Å². The molecule has 0 aliphatic carbocycles. The molecule has 0 bridgehead atoms. The van der Waals surface area contributed by atoms with E-state index < -0.39 is 12.8 Å². The number of hydrogen-bond donors (Lipinski definition) is 1. The van der Waals surface area contributed by atoms with Crippen LogP contribution in [0.15, 0.2) is 22.9 Å². The van der Waals surface area contributed by atoms with E-state index in [1.54, 1.807) is 0 Å². The minimum Gasteiger partial charge on any atom is -0.482 e. The predicted octanol–water partition coefficient (Wildman–Crippen LogP) is 1.65. The number of aromatic nitrogens is 3. The fourth-order valence-electron chi connectivity index (χ4n) is 2.39. The van der Waals surface area contributed by atoms with Gasteiger partial charge in [-0.1, -0.05) is 5.16 Å². The zero-order chi connectivity index (χ0) is 17.2. The van der Waals surface area contributed by atoms with Crippen LogP contribution in [0.1, 0.15) is 11.9 Å². The van der Waals surface area contributed by atoms with E-state index in [0.29, 0.717) is 12.4 Å². The Morgan fingerprint density at radius 1 is 1.46 bits per heavy atom. The number of likely N-dealkylation sites (N-methyl/N-ethyl adjacent to an activating group) is 1. The van der Waals surface area contributed by atoms with Gasteiger partial charge >= 0.3 is 6.18 Å². The zero-order valence-corrected chi connectivity index (χ0v) is 12.9. The summed E-state index contributed by atoms with van der Waals surface area (Å²) in [5.74, 6) is 0.425. The number of nitrogens with zero attached hydrogens (tertiary/aromatic N) is 4. The molecule has 0 aromatic carbocycles. The maximum absolute atomic E-state index is 12.4. The number of ether oxygens (including phenoxy) is 1. The third kappa shape index (κ3) is 3.82. The number of halogens is 3. The number of alkyl halides is 3. The average molecular weight is 343 g/mol. The van der Waals surface area contributed by atoms with Crippen LogP contribution in [-0.2, 0) is 0 Å². The number of rotatable bonds is 4. The molecular formula is C14H16F3N5O2. The first-order valence-corrected chi connectivity index (χ1v) is 7.33. The van der Waals surface area contributed by atoms with Crippen LogP contribution in [0.3, 0.4) is 0 Å². The van der Waals surface area contributed by atoms with Gasteiger partial charge in [0.05, 0.1) is 6.04 Å². The molecule has 3 heterocycles. The Labute approximate surface area is 135 Å². The van der Waals surface area contributed by atoms with Crippen molar-refractivity contribution in [3.05, 3.63) is 24.2 Å². The van der Waals surface area contributed by atoms with Crippen molar-refractivity contribution in [2.75, 3.05) is 33.3 Å². The molecule has 1 atom stereocenters. The van der Waals surface area contributed by atoms with Gasteiger partial charge in [-0.15, -0.1) is 0 Å². The van der Waals surface area contributed by atoms with Gasteiger partial charge in [0.2, 0.25) is 0 Å². The molecule has 0 amide bonds. The van der Waals surface area contributed by atoms with Crippen molar-refractivity contribution < 1.29 is 22.4 Å². The van der Waals surface area contributed by atoms with Crippen molar-refractivity contribution in [2.24, 2.45) is 0 Å². The molecule has 7 nitrogen and oxygen atoms in total. The largest absolute Gasteiger partial charge is 0.482 e. The highest BCUT2D eigenvalue weighted by Crippen LogP contribution is 2.29. The van der Waals surface area contributed by atoms with E-state index in [9.17, 15) is 13.2 Å². The van der Waals surface area contributed by atoms with Crippen LogP contribution in [0.4, 0.5) is 13.2 Å². The second-order valence-electron chi connectivity index (χ2n) is 5.41. The van der Waals surface area contributed by atoms with Gasteiger partial charge < -0.3 is 14.6 Å². The lowest BCUT2D eigenvalue weighted by atomic mass is 10.2. The van der Waals surface area contributed by atoms with Gasteiger partial charge in [-0.2, -0.15) is 18.2 Å². The standard InChI is InChI=1S/C14H16F3N5O2/c1-22-6-5-18-7-9(22)12-20-13(24-21-12)11-10(3-2-4-19-11)23-8-14(15,16)17/h2-4,9,18H,5-8H2,1H3. The van der Waals surface area contributed by atoms with Crippen LogP contribution < -0.4 is 10.1 Å². The summed E-state index contributed by atoms with van der Waals surface area (Å²) in [4.78, 5) is 10.4. The fourth-order valence-corrected chi connectivity index (χ4v) is 2.39. The van der Waals surface area contributed by atoms with Gasteiger partial charge in [0.25, 0.3) is 5.89 Å². The summed E-state index contributed by atoms with van der Waals surface area (Å²) < 4.78 is 47.0. The average Bonchev–Trinajstić information content (AvgIpc) is 3.02. The lowest BCUT2D eigenvalue weighted by Crippen LogP contribution is -2.44. The van der Waals surface area contributed by atoms with Gasteiger partial charge in [0, 0.05) is 25.8 Å². The van der Waals surface area contributed by atoms with E-state index in [2.05, 4.69) is 25.3 Å². The summed E-state index contributed by atoms with van der Waals surface area (Å²) in [5.41, 5.74) is 0.0897. The van der Waals surface area contributed by atoms with Crippen LogP contribution >= 0.6 is 0 Å². The van der Waals surface area contributed by atoms with Crippen LogP contribution in [0, 0.1) is 0 Å². The molecule has 1 N–H and O–H groups in total. The minimum atomic E-state index is -4.44. The molecule has 130 valence electrons. The van der Waals surface area contributed by atoms with Crippen molar-refractivity contribution in [1.29, 1.82) is 0 Å². The van der Waals surface area contributed by atoms with Crippen molar-refractivity contribution in [3.63, 3.8) is 0 Å². The molecule has 1 fully saturated rings. The topological polar surface area (TPSA) is 76.3 Å². The van der Waals surface area contributed by atoms with E-state index in [1.165, 1.54) is 18.3 Å². The third-order valence-electron chi connectivity index (χ3n) is 3.62. The van der Waals surface area contributed by atoms with E-state index in [1.807, 2.05) is 7.05 Å². The fraction of sp³-hybridized carbons (Fsp3) is 0.500. The normalized spacial score (nSPS) is 19.4. The summed E-state index contributed by atoms with van der Waals surface area (Å²) in [6.45, 7) is 0.947. The Hall–Kier alpha value is -2.20. The van der Waals surface area contributed by atoms with Crippen LogP contribution in [0.5, 0.6) is 5.75 Å². The van der Waals surface area contributed by atoms with Gasteiger partial charge in [-0.25, -0.2) is 4.98 Å². The number of hydrogen-bond acceptors (Lipinski definition) is 7. The monoisotopic (exact) mass is 343 g/mol. The molecule has 1 unspecified atom stereocenters. The SMILES string of the molecule is CN1CCNCC1c1noc(-c2ncccc2OCC(F)(F)F)n1. The molecular weight excluding hydrogens is 327 g/mol. The van der Waals surface area contributed by atoms with Crippen molar-refractivity contribution in [3.8, 4) is 17.3 Å². The van der Waals surface area contributed by atoms with Crippen molar-refractivity contribution >= 4 is 0 Å². The van der Waals surface area contributed by atoms with Crippen molar-refractivity contribution in [2.45, 2.75) is 12.2 Å². The first kappa shape index (κ1) is 16.7. The highest BCUT2D eigenvalue weighted by molar-refractivity contribution is 5.56. The molecule has 1 saturated heterocycles. The molecule has 3 rings (SSSR count). The zero-order valence-electron chi connectivity index (χ0n) is 12.9. The van der Waals surface area contributed by atoms with Crippen molar-refractivity contribution in [1.82, 2.24) is 25.3 Å². The van der Waals surface area contributed by atoms with E-state index in [4.69, 9.17) is 9.26 Å². The molecule has 1 aliphatic heterocycles. The van der Waals surface area contributed by atoms with Crippen LogP contribution in [0.25, 0.3) is 11.6 Å². The number of piperazine rings is 1. The first-order chi connectivity index (χ1) is 11.4. The Balaban J connectivity index is 1.82. The van der Waals surface area contributed by atoms with E-state index >= 15 is 0 Å². The Morgan fingerprint density at radius 3 is 3.04 bits per heavy atom. The quantitative estimate of drug-likeness (QED) is 0.904. The molecule has 0 spiro atoms. The molecule has 24 heavy (non-hydrogen) atoms. The molecule has 10 heteroatoms. The summed E-state index contributed by atoms with van der Waals surface area (Å²) in [6.07, 6.45) is -3.02. The smallest absolute Gasteiger partial charge is 0.422 e. The van der Waals surface area contributed by atoms with Gasteiger partial charge in [0.1, 0.15) is 0 Å². The lowest BCUT2D eigenvalue weighted by molar-refractivity contribution is -0.153. The van der Waals surface area contributed by atoms with E-state index in [-0.39, 0.29) is 23.4 Å². The minimum absolute atomic E-state index is 0.0294. The third-order valence-corrected chi connectivity index (χ3v) is 3.62. The van der Waals surface area contributed by atoms with E-state index in [0.717, 1.165) is 13.1 Å². The number of pyridine rings is 1. The Bertz CT molecular complexity index is 691. The highest BCUT2D eigenvalue weighted by Gasteiger charge is 2.30. The van der Waals surface area contributed by atoms with Gasteiger partial charge in [0.15, 0.2) is 23.9 Å². The van der Waals surface area contributed by atoms with Gasteiger partial charge in [-0.05, 0) is 19.2 Å². The number of nitrogens with one attached hydrogen (secondary N) is 1. The second kappa shape index (κ2) is 6.73. The first-order valence-electron chi connectivity index (χ1n) is 7.33. The van der Waals surface area contributed by atoms with Gasteiger partial charge in [-0.3, -0.25) is 4.90 Å². The molecule has 2 aromatic rings. The molecule has 0 saturated carbocycles. The summed E-state index contributed by atoms with van der Waals surface area (Å²) >= 11 is 0. The van der Waals surface area contributed by atoms with Crippen LogP contribution in [0.2, 0.25) is 0 Å². The molecule has 2 aromatic heterocycles. The molecule has 1 aliphatic rings. The maximum Gasteiger partial charge on any atom is 0.422 e. The predicted molar refractivity (Wildman–Crippen MR) is 77.3 cm³/mol. The highest BCUT2D eigenvalue weighted by atomic mass is 19.4. The Morgan fingerprint density at radius 2 is 2.29 bits per heavy atom. The second-order valence-corrected chi connectivity index (χ2v) is 5.41.